The monoisotopic (exact) mass is 442 g/mol. The van der Waals surface area contributed by atoms with Gasteiger partial charge < -0.3 is 10.2 Å². The van der Waals surface area contributed by atoms with E-state index >= 15 is 0 Å². The molecule has 0 saturated heterocycles. The summed E-state index contributed by atoms with van der Waals surface area (Å²) < 4.78 is 0. The number of aliphatic hydroxyl groups is 2. The van der Waals surface area contributed by atoms with Gasteiger partial charge in [0.1, 0.15) is 0 Å². The number of fused-ring (bicyclic) bond motifs is 7. The summed E-state index contributed by atoms with van der Waals surface area (Å²) in [6, 6.07) is 0. The van der Waals surface area contributed by atoms with Gasteiger partial charge in [-0.1, -0.05) is 60.6 Å². The molecule has 5 aliphatic rings. The van der Waals surface area contributed by atoms with Crippen LogP contribution in [-0.2, 0) is 0 Å². The average Bonchev–Trinajstić information content (AvgIpc) is 2.70. The second-order valence-electron chi connectivity index (χ2n) is 14.7. The second-order valence-corrected chi connectivity index (χ2v) is 14.7. The van der Waals surface area contributed by atoms with Crippen LogP contribution in [0.15, 0.2) is 12.2 Å². The first kappa shape index (κ1) is 23.4. The molecule has 182 valence electrons. The molecule has 0 aliphatic heterocycles. The maximum atomic E-state index is 11.7. The molecule has 0 aromatic heterocycles. The normalized spacial score (nSPS) is 59.4. The van der Waals surface area contributed by atoms with Crippen LogP contribution in [-0.4, -0.2) is 22.4 Å². The van der Waals surface area contributed by atoms with Gasteiger partial charge in [0, 0.05) is 0 Å². The number of aliphatic hydroxyl groups excluding tert-OH is 2. The van der Waals surface area contributed by atoms with Gasteiger partial charge >= 0.3 is 0 Å². The van der Waals surface area contributed by atoms with Crippen molar-refractivity contribution in [3.8, 4) is 0 Å². The summed E-state index contributed by atoms with van der Waals surface area (Å²) in [7, 11) is 0. The Kier molecular flexibility index (Phi) is 5.02. The summed E-state index contributed by atoms with van der Waals surface area (Å²) >= 11 is 0. The van der Waals surface area contributed by atoms with E-state index in [0.717, 1.165) is 25.7 Å². The fourth-order valence-corrected chi connectivity index (χ4v) is 11.4. The van der Waals surface area contributed by atoms with Crippen molar-refractivity contribution >= 4 is 0 Å². The molecule has 5 saturated carbocycles. The highest BCUT2D eigenvalue weighted by atomic mass is 16.3. The third-order valence-electron chi connectivity index (χ3n) is 13.7. The first-order valence-corrected chi connectivity index (χ1v) is 13.8. The van der Waals surface area contributed by atoms with Crippen molar-refractivity contribution < 1.29 is 10.2 Å². The molecular formula is C30H50O2. The molecule has 32 heavy (non-hydrogen) atoms. The molecule has 0 aromatic rings. The molecule has 0 radical (unpaired) electrons. The lowest BCUT2D eigenvalue weighted by Crippen LogP contribution is -2.69. The lowest BCUT2D eigenvalue weighted by Gasteiger charge is -2.74. The van der Waals surface area contributed by atoms with Gasteiger partial charge in [0.15, 0.2) is 0 Å². The molecule has 2 nitrogen and oxygen atoms in total. The zero-order chi connectivity index (χ0) is 23.5. The minimum absolute atomic E-state index is 0.00631. The van der Waals surface area contributed by atoms with E-state index < -0.39 is 0 Å². The molecule has 0 spiro atoms. The van der Waals surface area contributed by atoms with Gasteiger partial charge in [0.05, 0.1) is 12.2 Å². The molecule has 0 heterocycles. The molecule has 2 unspecified atom stereocenters. The van der Waals surface area contributed by atoms with Crippen LogP contribution in [0.1, 0.15) is 106 Å². The van der Waals surface area contributed by atoms with Gasteiger partial charge in [-0.05, 0) is 114 Å². The van der Waals surface area contributed by atoms with Crippen molar-refractivity contribution in [2.45, 2.75) is 118 Å². The number of hydrogen-bond acceptors (Lipinski definition) is 2. The van der Waals surface area contributed by atoms with Gasteiger partial charge in [0.2, 0.25) is 0 Å². The lowest BCUT2D eigenvalue weighted by atomic mass is 9.31. The standard InChI is InChI=1S/C30H50O2/c1-18-11-14-28(6)24(32)17-30(8)20(25(28)19(18)2)9-10-22-27(5)15-13-23(31)26(3,4)21(27)12-16-29(22,30)7/h19-25,31-32H,1,9-17H2,2-8H3/t19-,20+,21-,22+,23?,24?,25-,27-,28+,29+,30+/m0/s1. The van der Waals surface area contributed by atoms with Crippen LogP contribution in [0.3, 0.4) is 0 Å². The molecule has 0 aromatic carbocycles. The summed E-state index contributed by atoms with van der Waals surface area (Å²) in [4.78, 5) is 0. The molecule has 2 heteroatoms. The van der Waals surface area contributed by atoms with E-state index in [1.165, 1.54) is 37.7 Å². The fourth-order valence-electron chi connectivity index (χ4n) is 11.4. The SMILES string of the molecule is C=C1CC[C@]2(C)C(O)C[C@]3(C)[C@H](CC[C@@H]4[C@@]5(C)CCC(O)C(C)(C)[C@@H]5CC[C@]43C)[C@@H]2[C@H]1C. The third kappa shape index (κ3) is 2.61. The molecule has 5 fully saturated rings. The molecule has 0 bridgehead atoms. The molecule has 0 amide bonds. The minimum Gasteiger partial charge on any atom is -0.393 e. The Hall–Kier alpha value is -0.340. The molecule has 5 rings (SSSR count). The van der Waals surface area contributed by atoms with E-state index in [9.17, 15) is 10.2 Å². The topological polar surface area (TPSA) is 40.5 Å². The summed E-state index contributed by atoms with van der Waals surface area (Å²) in [6.07, 6.45) is 10.1. The van der Waals surface area contributed by atoms with E-state index in [4.69, 9.17) is 0 Å². The molecular weight excluding hydrogens is 392 g/mol. The Bertz CT molecular complexity index is 801. The Balaban J connectivity index is 1.57. The smallest absolute Gasteiger partial charge is 0.0602 e. The summed E-state index contributed by atoms with van der Waals surface area (Å²) in [6.45, 7) is 21.8. The Morgan fingerprint density at radius 3 is 2.12 bits per heavy atom. The van der Waals surface area contributed by atoms with Crippen molar-refractivity contribution in [3.05, 3.63) is 12.2 Å². The second kappa shape index (κ2) is 6.87. The molecule has 2 N–H and O–H groups in total. The fraction of sp³-hybridized carbons (Fsp3) is 0.933. The van der Waals surface area contributed by atoms with E-state index in [-0.39, 0.29) is 33.9 Å². The van der Waals surface area contributed by atoms with Crippen molar-refractivity contribution in [1.82, 2.24) is 0 Å². The van der Waals surface area contributed by atoms with E-state index in [2.05, 4.69) is 55.0 Å². The summed E-state index contributed by atoms with van der Waals surface area (Å²) in [5.74, 6) is 3.06. The highest BCUT2D eigenvalue weighted by Gasteiger charge is 2.71. The minimum atomic E-state index is -0.199. The van der Waals surface area contributed by atoms with Crippen molar-refractivity contribution in [2.75, 3.05) is 0 Å². The lowest BCUT2D eigenvalue weighted by molar-refractivity contribution is -0.269. The maximum Gasteiger partial charge on any atom is 0.0602 e. The predicted molar refractivity (Wildman–Crippen MR) is 132 cm³/mol. The highest BCUT2D eigenvalue weighted by Crippen LogP contribution is 2.76. The van der Waals surface area contributed by atoms with Crippen molar-refractivity contribution in [3.63, 3.8) is 0 Å². The van der Waals surface area contributed by atoms with Crippen LogP contribution in [0, 0.1) is 56.7 Å². The zero-order valence-electron chi connectivity index (χ0n) is 22.0. The number of rotatable bonds is 0. The Morgan fingerprint density at radius 2 is 1.44 bits per heavy atom. The third-order valence-corrected chi connectivity index (χ3v) is 13.7. The van der Waals surface area contributed by atoms with Gasteiger partial charge in [-0.3, -0.25) is 0 Å². The highest BCUT2D eigenvalue weighted by molar-refractivity contribution is 5.22. The van der Waals surface area contributed by atoms with Crippen LogP contribution in [0.5, 0.6) is 0 Å². The first-order chi connectivity index (χ1) is 14.7. The summed E-state index contributed by atoms with van der Waals surface area (Å²) in [5.41, 5.74) is 2.23. The Morgan fingerprint density at radius 1 is 0.750 bits per heavy atom. The van der Waals surface area contributed by atoms with Crippen molar-refractivity contribution in [1.29, 1.82) is 0 Å². The summed E-state index contributed by atoms with van der Waals surface area (Å²) in [5, 5.41) is 22.6. The van der Waals surface area contributed by atoms with Gasteiger partial charge in [-0.25, -0.2) is 0 Å². The van der Waals surface area contributed by atoms with Crippen LogP contribution in [0.25, 0.3) is 0 Å². The molecule has 11 atom stereocenters. The van der Waals surface area contributed by atoms with Crippen molar-refractivity contribution in [2.24, 2.45) is 56.7 Å². The largest absolute Gasteiger partial charge is 0.393 e. The van der Waals surface area contributed by atoms with E-state index in [0.29, 0.717) is 35.0 Å². The Labute approximate surface area is 197 Å². The predicted octanol–water partition coefficient (Wildman–Crippen LogP) is 7.00. The number of hydrogen-bond donors (Lipinski definition) is 2. The maximum absolute atomic E-state index is 11.7. The quantitative estimate of drug-likeness (QED) is 0.397. The van der Waals surface area contributed by atoms with Crippen LogP contribution in [0.4, 0.5) is 0 Å². The van der Waals surface area contributed by atoms with E-state index in [1.54, 1.807) is 0 Å². The van der Waals surface area contributed by atoms with Crippen LogP contribution in [0.2, 0.25) is 0 Å². The first-order valence-electron chi connectivity index (χ1n) is 13.8. The van der Waals surface area contributed by atoms with Gasteiger partial charge in [-0.15, -0.1) is 0 Å². The van der Waals surface area contributed by atoms with Gasteiger partial charge in [0.25, 0.3) is 0 Å². The number of allylic oxidation sites excluding steroid dienone is 1. The average molecular weight is 443 g/mol. The van der Waals surface area contributed by atoms with Gasteiger partial charge in [-0.2, -0.15) is 0 Å². The van der Waals surface area contributed by atoms with E-state index in [1.807, 2.05) is 0 Å². The van der Waals surface area contributed by atoms with Crippen LogP contribution < -0.4 is 0 Å². The van der Waals surface area contributed by atoms with Crippen LogP contribution >= 0.6 is 0 Å². The molecule has 5 aliphatic carbocycles. The zero-order valence-corrected chi connectivity index (χ0v) is 22.0.